The van der Waals surface area contributed by atoms with E-state index in [9.17, 15) is 4.79 Å². The molecule has 0 spiro atoms. The Labute approximate surface area is 143 Å². The zero-order chi connectivity index (χ0) is 16.4. The van der Waals surface area contributed by atoms with E-state index in [0.29, 0.717) is 33.1 Å². The van der Waals surface area contributed by atoms with Crippen molar-refractivity contribution in [3.05, 3.63) is 58.6 Å². The summed E-state index contributed by atoms with van der Waals surface area (Å²) in [6, 6.07) is 10.7. The molecule has 118 valence electrons. The van der Waals surface area contributed by atoms with Crippen LogP contribution in [0.1, 0.15) is 11.5 Å². The second-order valence-electron chi connectivity index (χ2n) is 4.90. The number of carbonyl (C=O) groups is 1. The lowest BCUT2D eigenvalue weighted by Crippen LogP contribution is -2.25. The molecular formula is C16H13ClN2O3S. The van der Waals surface area contributed by atoms with Crippen LogP contribution >= 0.6 is 23.8 Å². The number of thiocarbonyl (C=S) groups is 1. The third-order valence-corrected chi connectivity index (χ3v) is 3.84. The summed E-state index contributed by atoms with van der Waals surface area (Å²) in [5.41, 5.74) is 0.383. The van der Waals surface area contributed by atoms with Gasteiger partial charge in [0.25, 0.3) is 5.91 Å². The number of hydrogen-bond acceptors (Lipinski definition) is 4. The lowest BCUT2D eigenvalue weighted by atomic mass is 10.3. The van der Waals surface area contributed by atoms with E-state index >= 15 is 0 Å². The fourth-order valence-electron chi connectivity index (χ4n) is 2.03. The van der Waals surface area contributed by atoms with Crippen molar-refractivity contribution < 1.29 is 13.9 Å². The largest absolute Gasteiger partial charge is 0.486 e. The summed E-state index contributed by atoms with van der Waals surface area (Å²) in [7, 11) is 1.62. The van der Waals surface area contributed by atoms with Gasteiger partial charge in [-0.2, -0.15) is 0 Å². The molecule has 1 aromatic heterocycles. The quantitative estimate of drug-likeness (QED) is 0.679. The zero-order valence-electron chi connectivity index (χ0n) is 12.2. The number of likely N-dealkylation sites (N-methyl/N-ethyl adjacent to an activating group) is 1. The van der Waals surface area contributed by atoms with Crippen LogP contribution in [0.4, 0.5) is 0 Å². The number of nitrogens with zero attached hydrogens (tertiary/aromatic N) is 1. The summed E-state index contributed by atoms with van der Waals surface area (Å²) >= 11 is 10.9. The van der Waals surface area contributed by atoms with Crippen LogP contribution in [-0.4, -0.2) is 23.0 Å². The molecule has 2 heterocycles. The second-order valence-corrected chi connectivity index (χ2v) is 5.73. The van der Waals surface area contributed by atoms with E-state index in [1.54, 1.807) is 37.4 Å². The van der Waals surface area contributed by atoms with Gasteiger partial charge in [-0.25, -0.2) is 0 Å². The first-order valence-corrected chi connectivity index (χ1v) is 7.59. The Hall–Kier alpha value is -2.31. The Morgan fingerprint density at radius 2 is 2.22 bits per heavy atom. The van der Waals surface area contributed by atoms with Crippen molar-refractivity contribution in [1.29, 1.82) is 0 Å². The maximum absolute atomic E-state index is 11.9. The highest BCUT2D eigenvalue weighted by Crippen LogP contribution is 2.20. The van der Waals surface area contributed by atoms with Crippen molar-refractivity contribution >= 4 is 40.9 Å². The molecule has 0 radical (unpaired) electrons. The summed E-state index contributed by atoms with van der Waals surface area (Å²) in [6.45, 7) is 0.267. The molecule has 0 saturated carbocycles. The lowest BCUT2D eigenvalue weighted by molar-refractivity contribution is -0.121. The van der Waals surface area contributed by atoms with E-state index in [0.717, 1.165) is 0 Å². The van der Waals surface area contributed by atoms with Crippen molar-refractivity contribution in [1.82, 2.24) is 10.2 Å². The average Bonchev–Trinajstić information content (AvgIpc) is 3.07. The molecule has 23 heavy (non-hydrogen) atoms. The van der Waals surface area contributed by atoms with Crippen LogP contribution in [0.2, 0.25) is 5.02 Å². The zero-order valence-corrected chi connectivity index (χ0v) is 13.8. The molecule has 0 aliphatic carbocycles. The highest BCUT2D eigenvalue weighted by atomic mass is 35.5. The number of nitrogens with one attached hydrogen (secondary N) is 1. The number of ether oxygens (including phenoxy) is 1. The van der Waals surface area contributed by atoms with Gasteiger partial charge in [0.05, 0.1) is 0 Å². The van der Waals surface area contributed by atoms with Gasteiger partial charge < -0.3 is 14.5 Å². The summed E-state index contributed by atoms with van der Waals surface area (Å²) in [4.78, 5) is 13.3. The van der Waals surface area contributed by atoms with Crippen molar-refractivity contribution in [2.75, 3.05) is 7.05 Å². The third kappa shape index (κ3) is 3.55. The van der Waals surface area contributed by atoms with Crippen molar-refractivity contribution in [3.63, 3.8) is 0 Å². The Kier molecular flexibility index (Phi) is 4.36. The molecule has 0 unspecified atom stereocenters. The molecule has 1 amide bonds. The minimum atomic E-state index is -0.192. The number of amides is 1. The number of rotatable bonds is 4. The molecule has 7 heteroatoms. The van der Waals surface area contributed by atoms with Gasteiger partial charge in [0.2, 0.25) is 0 Å². The molecule has 3 rings (SSSR count). The topological polar surface area (TPSA) is 54.7 Å². The van der Waals surface area contributed by atoms with Crippen LogP contribution in [0.3, 0.4) is 0 Å². The molecule has 1 aliphatic rings. The monoisotopic (exact) mass is 348 g/mol. The van der Waals surface area contributed by atoms with Crippen LogP contribution in [0.5, 0.6) is 5.75 Å². The Bertz CT molecular complexity index is 800. The Balaban J connectivity index is 1.67. The maximum Gasteiger partial charge on any atom is 0.276 e. The molecule has 0 atom stereocenters. The van der Waals surface area contributed by atoms with Crippen LogP contribution in [-0.2, 0) is 11.4 Å². The fourth-order valence-corrected chi connectivity index (χ4v) is 2.40. The molecule has 1 N–H and O–H groups in total. The third-order valence-electron chi connectivity index (χ3n) is 3.23. The normalized spacial score (nSPS) is 16.1. The second kappa shape index (κ2) is 6.44. The SMILES string of the molecule is CN1C(=O)/C(=C\c2ccc(COc3cccc(Cl)c3)o2)NC1=S. The Morgan fingerprint density at radius 1 is 1.39 bits per heavy atom. The predicted octanol–water partition coefficient (Wildman–Crippen LogP) is 3.20. The maximum atomic E-state index is 11.9. The van der Waals surface area contributed by atoms with Crippen LogP contribution in [0.25, 0.3) is 6.08 Å². The first-order valence-electron chi connectivity index (χ1n) is 6.81. The van der Waals surface area contributed by atoms with Crippen LogP contribution < -0.4 is 10.1 Å². The van der Waals surface area contributed by atoms with E-state index < -0.39 is 0 Å². The van der Waals surface area contributed by atoms with E-state index in [1.807, 2.05) is 12.1 Å². The van der Waals surface area contributed by atoms with E-state index in [-0.39, 0.29) is 12.5 Å². The van der Waals surface area contributed by atoms with Gasteiger partial charge in [0.1, 0.15) is 29.6 Å². The van der Waals surface area contributed by atoms with Crippen molar-refractivity contribution in [2.24, 2.45) is 0 Å². The van der Waals surface area contributed by atoms with Crippen LogP contribution in [0, 0.1) is 0 Å². The fraction of sp³-hybridized carbons (Fsp3) is 0.125. The molecule has 1 fully saturated rings. The van der Waals surface area contributed by atoms with E-state index in [1.165, 1.54) is 4.90 Å². The number of hydrogen-bond donors (Lipinski definition) is 1. The van der Waals surface area contributed by atoms with Crippen molar-refractivity contribution in [2.45, 2.75) is 6.61 Å². The van der Waals surface area contributed by atoms with Gasteiger partial charge in [-0.3, -0.25) is 9.69 Å². The number of halogens is 1. The smallest absolute Gasteiger partial charge is 0.276 e. The van der Waals surface area contributed by atoms with E-state index in [4.69, 9.17) is 33.0 Å². The molecule has 5 nitrogen and oxygen atoms in total. The summed E-state index contributed by atoms with van der Waals surface area (Å²) in [6.07, 6.45) is 1.61. The Morgan fingerprint density at radius 3 is 2.91 bits per heavy atom. The van der Waals surface area contributed by atoms with Gasteiger partial charge in [-0.15, -0.1) is 0 Å². The van der Waals surface area contributed by atoms with E-state index in [2.05, 4.69) is 5.32 Å². The molecule has 0 bridgehead atoms. The number of benzene rings is 1. The standard InChI is InChI=1S/C16H13ClN2O3S/c1-19-15(20)14(18-16(19)23)8-12-5-6-13(22-12)9-21-11-4-2-3-10(17)7-11/h2-8H,9H2,1H3,(H,18,23)/b14-8+. The predicted molar refractivity (Wildman–Crippen MR) is 91.0 cm³/mol. The van der Waals surface area contributed by atoms with Gasteiger partial charge in [0.15, 0.2) is 5.11 Å². The minimum absolute atomic E-state index is 0.192. The van der Waals surface area contributed by atoms with Gasteiger partial charge >= 0.3 is 0 Å². The summed E-state index contributed by atoms with van der Waals surface area (Å²) in [5.74, 6) is 1.65. The molecule has 1 aliphatic heterocycles. The highest BCUT2D eigenvalue weighted by Gasteiger charge is 2.27. The lowest BCUT2D eigenvalue weighted by Gasteiger charge is -2.04. The molecule has 2 aromatic rings. The van der Waals surface area contributed by atoms with Crippen molar-refractivity contribution in [3.8, 4) is 5.75 Å². The first kappa shape index (κ1) is 15.6. The number of carbonyl (C=O) groups excluding carboxylic acids is 1. The molecular weight excluding hydrogens is 336 g/mol. The summed E-state index contributed by atoms with van der Waals surface area (Å²) in [5, 5.41) is 3.82. The van der Waals surface area contributed by atoms with Crippen LogP contribution in [0.15, 0.2) is 46.5 Å². The van der Waals surface area contributed by atoms with Gasteiger partial charge in [-0.05, 0) is 42.5 Å². The molecule has 1 saturated heterocycles. The first-order chi connectivity index (χ1) is 11.0. The van der Waals surface area contributed by atoms with Gasteiger partial charge in [0, 0.05) is 18.1 Å². The highest BCUT2D eigenvalue weighted by molar-refractivity contribution is 7.80. The van der Waals surface area contributed by atoms with Gasteiger partial charge in [-0.1, -0.05) is 17.7 Å². The minimum Gasteiger partial charge on any atom is -0.486 e. The summed E-state index contributed by atoms with van der Waals surface area (Å²) < 4.78 is 11.2. The number of furan rings is 1. The molecule has 1 aromatic carbocycles. The average molecular weight is 349 g/mol.